The van der Waals surface area contributed by atoms with Crippen LogP contribution in [0.1, 0.15) is 42.9 Å². The van der Waals surface area contributed by atoms with Crippen LogP contribution in [-0.4, -0.2) is 21.6 Å². The number of nitro groups is 1. The Kier molecular flexibility index (Phi) is 5.40. The Labute approximate surface area is 184 Å². The number of nitrogens with zero attached hydrogens (tertiary/aromatic N) is 2. The summed E-state index contributed by atoms with van der Waals surface area (Å²) in [6.07, 6.45) is 1.66. The molecule has 0 saturated heterocycles. The SMILES string of the molecule is CC(Nc1ccc(C(=O)Nc2ccc3c(c2)OC(C)(C)O3)cc1[N+](=O)[O-])c1ccccn1. The smallest absolute Gasteiger partial charge is 0.293 e. The first-order valence-corrected chi connectivity index (χ1v) is 10.0. The van der Waals surface area contributed by atoms with Gasteiger partial charge in [-0.25, -0.2) is 0 Å². The van der Waals surface area contributed by atoms with E-state index < -0.39 is 16.6 Å². The molecule has 0 radical (unpaired) electrons. The van der Waals surface area contributed by atoms with Crippen LogP contribution in [0.25, 0.3) is 0 Å². The van der Waals surface area contributed by atoms with Gasteiger partial charge >= 0.3 is 0 Å². The molecule has 0 bridgehead atoms. The molecule has 2 heterocycles. The Morgan fingerprint density at radius 1 is 1.09 bits per heavy atom. The quantitative estimate of drug-likeness (QED) is 0.418. The molecule has 1 aromatic heterocycles. The van der Waals surface area contributed by atoms with Crippen LogP contribution in [0.15, 0.2) is 60.8 Å². The van der Waals surface area contributed by atoms with E-state index in [4.69, 9.17) is 9.47 Å². The topological polar surface area (TPSA) is 116 Å². The van der Waals surface area contributed by atoms with Gasteiger partial charge < -0.3 is 20.1 Å². The Hall–Kier alpha value is -4.14. The van der Waals surface area contributed by atoms with Gasteiger partial charge in [0.05, 0.1) is 16.7 Å². The summed E-state index contributed by atoms with van der Waals surface area (Å²) in [5.41, 5.74) is 1.49. The fourth-order valence-electron chi connectivity index (χ4n) is 3.39. The van der Waals surface area contributed by atoms with Crippen LogP contribution in [0, 0.1) is 10.1 Å². The summed E-state index contributed by atoms with van der Waals surface area (Å²) in [5.74, 6) is -0.153. The molecule has 0 saturated carbocycles. The van der Waals surface area contributed by atoms with Crippen LogP contribution >= 0.6 is 0 Å². The van der Waals surface area contributed by atoms with E-state index in [9.17, 15) is 14.9 Å². The van der Waals surface area contributed by atoms with Crippen molar-refractivity contribution in [2.45, 2.75) is 32.6 Å². The van der Waals surface area contributed by atoms with Crippen molar-refractivity contribution >= 4 is 23.0 Å². The van der Waals surface area contributed by atoms with Gasteiger partial charge in [-0.15, -0.1) is 0 Å². The number of aromatic nitrogens is 1. The van der Waals surface area contributed by atoms with Crippen molar-refractivity contribution < 1.29 is 19.2 Å². The van der Waals surface area contributed by atoms with E-state index in [1.165, 1.54) is 18.2 Å². The monoisotopic (exact) mass is 434 g/mol. The third-order valence-corrected chi connectivity index (χ3v) is 4.87. The number of amides is 1. The summed E-state index contributed by atoms with van der Waals surface area (Å²) in [6, 6.07) is 14.6. The Bertz CT molecular complexity index is 1180. The van der Waals surface area contributed by atoms with E-state index in [1.54, 1.807) is 44.3 Å². The number of nitrogens with one attached hydrogen (secondary N) is 2. The lowest BCUT2D eigenvalue weighted by Crippen LogP contribution is -2.29. The van der Waals surface area contributed by atoms with Gasteiger partial charge in [-0.2, -0.15) is 0 Å². The van der Waals surface area contributed by atoms with Crippen LogP contribution in [0.4, 0.5) is 17.1 Å². The van der Waals surface area contributed by atoms with Gasteiger partial charge in [0, 0.05) is 43.4 Å². The number of carbonyl (C=O) groups excluding carboxylic acids is 1. The van der Waals surface area contributed by atoms with Crippen LogP contribution in [-0.2, 0) is 0 Å². The van der Waals surface area contributed by atoms with Crippen LogP contribution in [0.5, 0.6) is 11.5 Å². The summed E-state index contributed by atoms with van der Waals surface area (Å²) < 4.78 is 11.3. The molecule has 9 heteroatoms. The molecule has 9 nitrogen and oxygen atoms in total. The number of fused-ring (bicyclic) bond motifs is 1. The largest absolute Gasteiger partial charge is 0.449 e. The minimum absolute atomic E-state index is 0.158. The highest BCUT2D eigenvalue weighted by atomic mass is 16.7. The zero-order chi connectivity index (χ0) is 22.9. The highest BCUT2D eigenvalue weighted by molar-refractivity contribution is 6.05. The summed E-state index contributed by atoms with van der Waals surface area (Å²) in [5, 5.41) is 17.5. The first kappa shape index (κ1) is 21.1. The fraction of sp³-hybridized carbons (Fsp3) is 0.217. The molecule has 1 aliphatic rings. The van der Waals surface area contributed by atoms with Gasteiger partial charge in [-0.3, -0.25) is 19.9 Å². The second-order valence-electron chi connectivity index (χ2n) is 7.83. The first-order valence-electron chi connectivity index (χ1n) is 10.0. The van der Waals surface area contributed by atoms with E-state index >= 15 is 0 Å². The van der Waals surface area contributed by atoms with Crippen LogP contribution < -0.4 is 20.1 Å². The van der Waals surface area contributed by atoms with Gasteiger partial charge in [0.2, 0.25) is 5.79 Å². The van der Waals surface area contributed by atoms with E-state index in [2.05, 4.69) is 15.6 Å². The van der Waals surface area contributed by atoms with E-state index in [-0.39, 0.29) is 17.3 Å². The molecule has 0 aliphatic carbocycles. The van der Waals surface area contributed by atoms with E-state index in [0.29, 0.717) is 22.9 Å². The number of ether oxygens (including phenoxy) is 2. The fourth-order valence-corrected chi connectivity index (χ4v) is 3.39. The number of rotatable bonds is 6. The molecule has 1 amide bonds. The van der Waals surface area contributed by atoms with Crippen molar-refractivity contribution in [2.24, 2.45) is 0 Å². The maximum absolute atomic E-state index is 12.7. The van der Waals surface area contributed by atoms with Gasteiger partial charge in [0.15, 0.2) is 11.5 Å². The van der Waals surface area contributed by atoms with E-state index in [0.717, 1.165) is 5.69 Å². The van der Waals surface area contributed by atoms with Crippen molar-refractivity contribution in [3.63, 3.8) is 0 Å². The molecular weight excluding hydrogens is 412 g/mol. The zero-order valence-electron chi connectivity index (χ0n) is 17.8. The Balaban J connectivity index is 1.52. The van der Waals surface area contributed by atoms with Crippen molar-refractivity contribution in [3.05, 3.63) is 82.2 Å². The number of nitro benzene ring substituents is 1. The number of anilines is 2. The summed E-state index contributed by atoms with van der Waals surface area (Å²) in [6.45, 7) is 5.43. The minimum atomic E-state index is -0.777. The predicted octanol–water partition coefficient (Wildman–Crippen LogP) is 4.92. The van der Waals surface area contributed by atoms with Gasteiger partial charge in [-0.05, 0) is 43.3 Å². The van der Waals surface area contributed by atoms with Crippen molar-refractivity contribution in [1.82, 2.24) is 4.98 Å². The lowest BCUT2D eigenvalue weighted by Gasteiger charge is -2.16. The maximum Gasteiger partial charge on any atom is 0.293 e. The normalized spacial score (nSPS) is 14.5. The van der Waals surface area contributed by atoms with Crippen molar-refractivity contribution in [1.29, 1.82) is 0 Å². The molecule has 0 fully saturated rings. The molecule has 32 heavy (non-hydrogen) atoms. The van der Waals surface area contributed by atoms with Crippen molar-refractivity contribution in [3.8, 4) is 11.5 Å². The number of hydrogen-bond donors (Lipinski definition) is 2. The molecule has 2 N–H and O–H groups in total. The number of carbonyl (C=O) groups is 1. The third-order valence-electron chi connectivity index (χ3n) is 4.87. The van der Waals surface area contributed by atoms with Gasteiger partial charge in [0.25, 0.3) is 11.6 Å². The summed E-state index contributed by atoms with van der Waals surface area (Å²) in [4.78, 5) is 28.1. The second-order valence-corrected chi connectivity index (χ2v) is 7.83. The predicted molar refractivity (Wildman–Crippen MR) is 119 cm³/mol. The molecule has 4 rings (SSSR count). The summed E-state index contributed by atoms with van der Waals surface area (Å²) in [7, 11) is 0. The lowest BCUT2D eigenvalue weighted by molar-refractivity contribution is -0.384. The minimum Gasteiger partial charge on any atom is -0.449 e. The molecule has 164 valence electrons. The maximum atomic E-state index is 12.7. The molecule has 1 aliphatic heterocycles. The number of pyridine rings is 1. The highest BCUT2D eigenvalue weighted by Gasteiger charge is 2.31. The molecule has 0 spiro atoms. The van der Waals surface area contributed by atoms with Crippen LogP contribution in [0.2, 0.25) is 0 Å². The van der Waals surface area contributed by atoms with E-state index in [1.807, 2.05) is 19.1 Å². The van der Waals surface area contributed by atoms with Gasteiger partial charge in [-0.1, -0.05) is 6.07 Å². The Morgan fingerprint density at radius 3 is 2.59 bits per heavy atom. The number of benzene rings is 2. The first-order chi connectivity index (χ1) is 15.2. The second kappa shape index (κ2) is 8.18. The molecular formula is C23H22N4O5. The third kappa shape index (κ3) is 4.46. The molecule has 1 unspecified atom stereocenters. The van der Waals surface area contributed by atoms with Crippen LogP contribution in [0.3, 0.4) is 0 Å². The average Bonchev–Trinajstić information content (AvgIpc) is 3.07. The Morgan fingerprint density at radius 2 is 1.88 bits per heavy atom. The molecule has 3 aromatic rings. The molecule has 1 atom stereocenters. The van der Waals surface area contributed by atoms with Crippen molar-refractivity contribution in [2.75, 3.05) is 10.6 Å². The highest BCUT2D eigenvalue weighted by Crippen LogP contribution is 2.40. The number of hydrogen-bond acceptors (Lipinski definition) is 7. The van der Waals surface area contributed by atoms with Gasteiger partial charge in [0.1, 0.15) is 5.69 Å². The standard InChI is InChI=1S/C23H22N4O5/c1-14(17-6-4-5-11-24-17)25-18-9-7-15(12-19(18)27(29)30)22(28)26-16-8-10-20-21(13-16)32-23(2,3)31-20/h4-14,25H,1-3H3,(H,26,28). The summed E-state index contributed by atoms with van der Waals surface area (Å²) >= 11 is 0. The average molecular weight is 434 g/mol. The lowest BCUT2D eigenvalue weighted by atomic mass is 10.1. The molecule has 2 aromatic carbocycles. The zero-order valence-corrected chi connectivity index (χ0v) is 17.8.